The number of hydrogen-bond donors (Lipinski definition) is 2. The summed E-state index contributed by atoms with van der Waals surface area (Å²) in [5.74, 6) is 0. The van der Waals surface area contributed by atoms with Crippen LogP contribution in [0.5, 0.6) is 0 Å². The third-order valence-electron chi connectivity index (χ3n) is 6.64. The van der Waals surface area contributed by atoms with E-state index in [1.54, 1.807) is 6.07 Å². The minimum atomic E-state index is -3.31. The zero-order valence-electron chi connectivity index (χ0n) is 17.4. The van der Waals surface area contributed by atoms with Gasteiger partial charge in [0, 0.05) is 18.8 Å². The van der Waals surface area contributed by atoms with Crippen molar-refractivity contribution < 1.29 is 9.00 Å². The van der Waals surface area contributed by atoms with Crippen molar-refractivity contribution in [2.75, 3.05) is 18.9 Å². The maximum Gasteiger partial charge on any atom is 0.354 e. The summed E-state index contributed by atoms with van der Waals surface area (Å²) in [4.78, 5) is 15.5. The van der Waals surface area contributed by atoms with Crippen LogP contribution in [0, 0.1) is 0 Å². The number of carbonyl (C=O) groups is 1. The molecule has 0 radical (unpaired) electrons. The van der Waals surface area contributed by atoms with Crippen molar-refractivity contribution in [1.29, 1.82) is 0 Å². The molecule has 6 nitrogen and oxygen atoms in total. The molecule has 3 N–H and O–H groups in total. The molecule has 1 heterocycles. The maximum atomic E-state index is 13.1. The number of rotatable bonds is 2. The first-order valence-corrected chi connectivity index (χ1v) is 12.3. The standard InChI is InChI=1S/C23H28N4O2S/c1-27-11-10-15-13-19(9-8-18(15)14-27)30(24,29)26-23(28)25-22-20-6-2-4-16(20)12-17-5-3-7-21(17)22/h8-9,12-13H,2-7,10-11,14H2,1H3,(H3,24,25,26,28,29)/t30-/m0/s1. The smallest absolute Gasteiger partial charge is 0.305 e. The number of benzene rings is 2. The van der Waals surface area contributed by atoms with Crippen molar-refractivity contribution in [2.24, 2.45) is 9.50 Å². The molecule has 0 saturated heterocycles. The third kappa shape index (κ3) is 3.55. The van der Waals surface area contributed by atoms with Gasteiger partial charge in [0.1, 0.15) is 9.92 Å². The van der Waals surface area contributed by atoms with E-state index in [0.29, 0.717) is 4.90 Å². The minimum Gasteiger partial charge on any atom is -0.305 e. The molecular formula is C23H28N4O2S. The lowest BCUT2D eigenvalue weighted by molar-refractivity contribution is 0.260. The van der Waals surface area contributed by atoms with E-state index >= 15 is 0 Å². The predicted molar refractivity (Wildman–Crippen MR) is 119 cm³/mol. The number of likely N-dealkylation sites (N-methyl/N-ethyl adjacent to an activating group) is 1. The zero-order valence-corrected chi connectivity index (χ0v) is 18.2. The molecule has 0 saturated carbocycles. The molecular weight excluding hydrogens is 396 g/mol. The highest BCUT2D eigenvalue weighted by molar-refractivity contribution is 7.91. The van der Waals surface area contributed by atoms with E-state index in [1.807, 2.05) is 12.1 Å². The predicted octanol–water partition coefficient (Wildman–Crippen LogP) is 3.58. The number of nitrogens with one attached hydrogen (secondary N) is 1. The molecule has 1 aliphatic heterocycles. The van der Waals surface area contributed by atoms with E-state index in [9.17, 15) is 9.00 Å². The van der Waals surface area contributed by atoms with Gasteiger partial charge in [-0.1, -0.05) is 12.1 Å². The monoisotopic (exact) mass is 424 g/mol. The van der Waals surface area contributed by atoms with E-state index in [-0.39, 0.29) is 0 Å². The van der Waals surface area contributed by atoms with E-state index in [2.05, 4.69) is 27.7 Å². The van der Waals surface area contributed by atoms with Crippen LogP contribution >= 0.6 is 0 Å². The maximum absolute atomic E-state index is 13.1. The van der Waals surface area contributed by atoms with Gasteiger partial charge >= 0.3 is 6.03 Å². The topological polar surface area (TPSA) is 87.8 Å². The fraction of sp³-hybridized carbons (Fsp3) is 0.435. The van der Waals surface area contributed by atoms with Crippen LogP contribution in [0.25, 0.3) is 0 Å². The van der Waals surface area contributed by atoms with Gasteiger partial charge in [0.05, 0.1) is 4.90 Å². The number of anilines is 1. The highest BCUT2D eigenvalue weighted by Gasteiger charge is 2.25. The highest BCUT2D eigenvalue weighted by Crippen LogP contribution is 2.38. The molecule has 1 atom stereocenters. The summed E-state index contributed by atoms with van der Waals surface area (Å²) in [6.45, 7) is 1.81. The normalized spacial score (nSPS) is 19.5. The van der Waals surface area contributed by atoms with E-state index in [4.69, 9.17) is 5.14 Å². The minimum absolute atomic E-state index is 0.421. The van der Waals surface area contributed by atoms with Gasteiger partial charge in [-0.05, 0) is 97.5 Å². The number of carbonyl (C=O) groups excluding carboxylic acids is 1. The second-order valence-electron chi connectivity index (χ2n) is 8.74. The molecule has 0 bridgehead atoms. The van der Waals surface area contributed by atoms with Crippen molar-refractivity contribution in [2.45, 2.75) is 56.4 Å². The summed E-state index contributed by atoms with van der Waals surface area (Å²) in [5.41, 5.74) is 8.36. The summed E-state index contributed by atoms with van der Waals surface area (Å²) in [6.07, 6.45) is 7.14. The molecule has 2 amide bonds. The quantitative estimate of drug-likeness (QED) is 0.772. The number of amides is 2. The average Bonchev–Trinajstić information content (AvgIpc) is 3.36. The van der Waals surface area contributed by atoms with Crippen molar-refractivity contribution in [1.82, 2.24) is 4.90 Å². The van der Waals surface area contributed by atoms with Gasteiger partial charge in [0.25, 0.3) is 0 Å². The molecule has 5 rings (SSSR count). The summed E-state index contributed by atoms with van der Waals surface area (Å²) in [6, 6.07) is 7.26. The molecule has 0 unspecified atom stereocenters. The van der Waals surface area contributed by atoms with Gasteiger partial charge in [-0.25, -0.2) is 14.1 Å². The molecule has 158 valence electrons. The summed E-state index contributed by atoms with van der Waals surface area (Å²) in [5, 5.41) is 9.03. The first-order chi connectivity index (χ1) is 14.4. The first-order valence-electron chi connectivity index (χ1n) is 10.7. The van der Waals surface area contributed by atoms with Crippen LogP contribution in [0.1, 0.15) is 46.2 Å². The van der Waals surface area contributed by atoms with Crippen molar-refractivity contribution in [3.8, 4) is 0 Å². The lowest BCUT2D eigenvalue weighted by Crippen LogP contribution is -2.27. The number of nitrogens with two attached hydrogens (primary N) is 1. The molecule has 0 aromatic heterocycles. The Labute approximate surface area is 178 Å². The number of hydrogen-bond acceptors (Lipinski definition) is 3. The van der Waals surface area contributed by atoms with Gasteiger partial charge < -0.3 is 10.2 Å². The Hall–Kier alpha value is -2.22. The Balaban J connectivity index is 1.45. The summed E-state index contributed by atoms with van der Waals surface area (Å²) < 4.78 is 17.1. The second kappa shape index (κ2) is 7.48. The Morgan fingerprint density at radius 1 is 1.00 bits per heavy atom. The van der Waals surface area contributed by atoms with Gasteiger partial charge in [-0.3, -0.25) is 0 Å². The van der Waals surface area contributed by atoms with Crippen LogP contribution in [0.15, 0.2) is 33.5 Å². The van der Waals surface area contributed by atoms with Crippen LogP contribution in [0.2, 0.25) is 0 Å². The van der Waals surface area contributed by atoms with Gasteiger partial charge in [-0.15, -0.1) is 4.36 Å². The summed E-state index contributed by atoms with van der Waals surface area (Å²) in [7, 11) is -1.22. The molecule has 2 aromatic carbocycles. The number of nitrogens with zero attached hydrogens (tertiary/aromatic N) is 2. The number of fused-ring (bicyclic) bond motifs is 3. The van der Waals surface area contributed by atoms with Crippen LogP contribution in [-0.2, 0) is 48.6 Å². The fourth-order valence-corrected chi connectivity index (χ4v) is 6.10. The molecule has 7 heteroatoms. The van der Waals surface area contributed by atoms with Crippen LogP contribution in [-0.4, -0.2) is 28.7 Å². The molecule has 0 fully saturated rings. The lowest BCUT2D eigenvalue weighted by atomic mass is 9.99. The van der Waals surface area contributed by atoms with Crippen LogP contribution in [0.4, 0.5) is 10.5 Å². The van der Waals surface area contributed by atoms with Gasteiger partial charge in [0.15, 0.2) is 0 Å². The lowest BCUT2D eigenvalue weighted by Gasteiger charge is -2.25. The van der Waals surface area contributed by atoms with Crippen molar-refractivity contribution >= 4 is 21.6 Å². The van der Waals surface area contributed by atoms with Crippen molar-refractivity contribution in [3.05, 3.63) is 57.6 Å². The molecule has 3 aliphatic rings. The van der Waals surface area contributed by atoms with Gasteiger partial charge in [-0.2, -0.15) is 0 Å². The largest absolute Gasteiger partial charge is 0.354 e. The molecule has 2 aromatic rings. The second-order valence-corrected chi connectivity index (χ2v) is 10.5. The Kier molecular flexibility index (Phi) is 4.92. The van der Waals surface area contributed by atoms with Gasteiger partial charge in [0.2, 0.25) is 0 Å². The van der Waals surface area contributed by atoms with E-state index < -0.39 is 15.9 Å². The molecule has 30 heavy (non-hydrogen) atoms. The van der Waals surface area contributed by atoms with Crippen LogP contribution in [0.3, 0.4) is 0 Å². The molecule has 2 aliphatic carbocycles. The Morgan fingerprint density at radius 2 is 1.70 bits per heavy atom. The van der Waals surface area contributed by atoms with E-state index in [0.717, 1.165) is 69.3 Å². The molecule has 0 spiro atoms. The summed E-state index contributed by atoms with van der Waals surface area (Å²) >= 11 is 0. The number of urea groups is 1. The fourth-order valence-electron chi connectivity index (χ4n) is 5.13. The first kappa shape index (κ1) is 19.7. The number of aryl methyl sites for hydroxylation is 2. The Bertz CT molecular complexity index is 1130. The van der Waals surface area contributed by atoms with Crippen molar-refractivity contribution in [3.63, 3.8) is 0 Å². The zero-order chi connectivity index (χ0) is 20.9. The van der Waals surface area contributed by atoms with E-state index in [1.165, 1.54) is 27.8 Å². The van der Waals surface area contributed by atoms with Crippen LogP contribution < -0.4 is 10.5 Å². The average molecular weight is 425 g/mol. The SMILES string of the molecule is CN1CCc2cc([S@@](N)(=O)=NC(=O)Nc3c4c(cc5c3CCC5)CCC4)ccc2C1. The Morgan fingerprint density at radius 3 is 2.40 bits per heavy atom. The third-order valence-corrected chi connectivity index (χ3v) is 8.01. The highest BCUT2D eigenvalue weighted by atomic mass is 32.2.